The van der Waals surface area contributed by atoms with Crippen molar-refractivity contribution in [2.75, 3.05) is 0 Å². The summed E-state index contributed by atoms with van der Waals surface area (Å²) >= 11 is 0. The van der Waals surface area contributed by atoms with Crippen molar-refractivity contribution >= 4 is 5.97 Å². The Kier molecular flexibility index (Phi) is 5.44. The Labute approximate surface area is 81.0 Å². The molecule has 0 N–H and O–H groups in total. The quantitative estimate of drug-likeness (QED) is 0.485. The van der Waals surface area contributed by atoms with E-state index in [1.807, 2.05) is 13.8 Å². The zero-order valence-corrected chi connectivity index (χ0v) is 9.09. The first-order chi connectivity index (χ1) is 5.98. The van der Waals surface area contributed by atoms with Gasteiger partial charge in [-0.25, -0.2) is 0 Å². The first-order valence-corrected chi connectivity index (χ1v) is 4.82. The number of ether oxygens (including phenoxy) is 1. The molecule has 0 amide bonds. The van der Waals surface area contributed by atoms with Crippen LogP contribution in [0.1, 0.15) is 47.0 Å². The highest BCUT2D eigenvalue weighted by molar-refractivity contribution is 5.66. The molecule has 0 aromatic rings. The summed E-state index contributed by atoms with van der Waals surface area (Å²) in [4.78, 5) is 10.7. The van der Waals surface area contributed by atoms with Crippen LogP contribution >= 0.6 is 0 Å². The number of hydrogen-bond donors (Lipinski definition) is 0. The predicted octanol–water partition coefficient (Wildman–Crippen LogP) is 3.07. The molecule has 0 saturated carbocycles. The Morgan fingerprint density at radius 2 is 2.00 bits per heavy atom. The number of carbonyl (C=O) groups is 1. The number of allylic oxidation sites excluding steroid dienone is 2. The fraction of sp³-hybridized carbons (Fsp3) is 0.727. The van der Waals surface area contributed by atoms with Gasteiger partial charge in [0.15, 0.2) is 0 Å². The summed E-state index contributed by atoms with van der Waals surface area (Å²) in [6, 6.07) is 0. The van der Waals surface area contributed by atoms with Crippen molar-refractivity contribution in [2.45, 2.75) is 52.6 Å². The van der Waals surface area contributed by atoms with Crippen LogP contribution < -0.4 is 0 Å². The van der Waals surface area contributed by atoms with Crippen molar-refractivity contribution in [1.29, 1.82) is 0 Å². The van der Waals surface area contributed by atoms with E-state index in [0.29, 0.717) is 0 Å². The lowest BCUT2D eigenvalue weighted by Crippen LogP contribution is -2.26. The molecule has 0 rings (SSSR count). The van der Waals surface area contributed by atoms with E-state index in [0.717, 1.165) is 19.3 Å². The molecular formula is C11H20O2. The van der Waals surface area contributed by atoms with Gasteiger partial charge in [0.2, 0.25) is 0 Å². The van der Waals surface area contributed by atoms with E-state index in [4.69, 9.17) is 4.74 Å². The van der Waals surface area contributed by atoms with Crippen molar-refractivity contribution in [3.05, 3.63) is 12.2 Å². The van der Waals surface area contributed by atoms with E-state index in [1.165, 1.54) is 6.92 Å². The largest absolute Gasteiger partial charge is 0.460 e. The van der Waals surface area contributed by atoms with Gasteiger partial charge in [-0.3, -0.25) is 4.79 Å². The molecule has 0 unspecified atom stereocenters. The van der Waals surface area contributed by atoms with Gasteiger partial charge in [-0.1, -0.05) is 19.1 Å². The highest BCUT2D eigenvalue weighted by Crippen LogP contribution is 2.17. The number of esters is 1. The van der Waals surface area contributed by atoms with Crippen molar-refractivity contribution in [2.24, 2.45) is 0 Å². The summed E-state index contributed by atoms with van der Waals surface area (Å²) in [6.07, 6.45) is 7.17. The summed E-state index contributed by atoms with van der Waals surface area (Å²) in [5.74, 6) is -0.204. The zero-order valence-electron chi connectivity index (χ0n) is 9.09. The number of carbonyl (C=O) groups excluding carboxylic acids is 1. The van der Waals surface area contributed by atoms with Crippen LogP contribution in [0.4, 0.5) is 0 Å². The van der Waals surface area contributed by atoms with E-state index >= 15 is 0 Å². The Hall–Kier alpha value is -0.790. The molecule has 0 fully saturated rings. The standard InChI is InChI=1S/C11H20O2/c1-5-6-7-8-9-11(3,4)13-10(2)12/h6-7H,5,8-9H2,1-4H3/b7-6-. The Morgan fingerprint density at radius 3 is 2.46 bits per heavy atom. The van der Waals surface area contributed by atoms with Crippen LogP contribution in [0.3, 0.4) is 0 Å². The summed E-state index contributed by atoms with van der Waals surface area (Å²) in [7, 11) is 0. The van der Waals surface area contributed by atoms with Crippen molar-refractivity contribution in [3.63, 3.8) is 0 Å². The van der Waals surface area contributed by atoms with Gasteiger partial charge in [-0.05, 0) is 33.1 Å². The van der Waals surface area contributed by atoms with Gasteiger partial charge in [0.05, 0.1) is 0 Å². The van der Waals surface area contributed by atoms with Gasteiger partial charge in [-0.15, -0.1) is 0 Å². The minimum atomic E-state index is -0.329. The average Bonchev–Trinajstić information content (AvgIpc) is 1.95. The molecule has 76 valence electrons. The Bertz CT molecular complexity index is 181. The van der Waals surface area contributed by atoms with E-state index < -0.39 is 0 Å². The minimum Gasteiger partial charge on any atom is -0.460 e. The molecule has 0 heterocycles. The summed E-state index contributed by atoms with van der Waals surface area (Å²) < 4.78 is 5.15. The second-order valence-electron chi connectivity index (χ2n) is 3.77. The van der Waals surface area contributed by atoms with E-state index in [-0.39, 0.29) is 11.6 Å². The topological polar surface area (TPSA) is 26.3 Å². The lowest BCUT2D eigenvalue weighted by Gasteiger charge is -2.23. The highest BCUT2D eigenvalue weighted by atomic mass is 16.6. The normalized spacial score (nSPS) is 12.0. The third-order valence-electron chi connectivity index (χ3n) is 1.74. The highest BCUT2D eigenvalue weighted by Gasteiger charge is 2.19. The van der Waals surface area contributed by atoms with Crippen LogP contribution in [0, 0.1) is 0 Å². The lowest BCUT2D eigenvalue weighted by molar-refractivity contribution is -0.154. The minimum absolute atomic E-state index is 0.204. The van der Waals surface area contributed by atoms with E-state index in [2.05, 4.69) is 19.1 Å². The maximum absolute atomic E-state index is 10.7. The van der Waals surface area contributed by atoms with Crippen LogP contribution in [0.2, 0.25) is 0 Å². The average molecular weight is 184 g/mol. The Balaban J connectivity index is 3.75. The molecule has 0 radical (unpaired) electrons. The maximum Gasteiger partial charge on any atom is 0.303 e. The fourth-order valence-corrected chi connectivity index (χ4v) is 1.16. The third kappa shape index (κ3) is 7.57. The third-order valence-corrected chi connectivity index (χ3v) is 1.74. The Morgan fingerprint density at radius 1 is 1.38 bits per heavy atom. The molecule has 0 aliphatic carbocycles. The number of hydrogen-bond acceptors (Lipinski definition) is 2. The second kappa shape index (κ2) is 5.79. The van der Waals surface area contributed by atoms with Crippen molar-refractivity contribution < 1.29 is 9.53 Å². The van der Waals surface area contributed by atoms with Gasteiger partial charge in [0.25, 0.3) is 0 Å². The molecule has 0 aromatic heterocycles. The first-order valence-electron chi connectivity index (χ1n) is 4.82. The molecule has 0 aromatic carbocycles. The number of rotatable bonds is 5. The first kappa shape index (κ1) is 12.2. The maximum atomic E-state index is 10.7. The van der Waals surface area contributed by atoms with Crippen LogP contribution in [0.5, 0.6) is 0 Å². The van der Waals surface area contributed by atoms with E-state index in [1.54, 1.807) is 0 Å². The second-order valence-corrected chi connectivity index (χ2v) is 3.77. The smallest absolute Gasteiger partial charge is 0.303 e. The molecule has 0 aliphatic rings. The van der Waals surface area contributed by atoms with Gasteiger partial charge in [0.1, 0.15) is 5.60 Å². The lowest BCUT2D eigenvalue weighted by atomic mass is 10.0. The molecule has 2 heteroatoms. The monoisotopic (exact) mass is 184 g/mol. The molecule has 0 saturated heterocycles. The van der Waals surface area contributed by atoms with Crippen LogP contribution in [0.25, 0.3) is 0 Å². The molecule has 0 aliphatic heterocycles. The van der Waals surface area contributed by atoms with Crippen molar-refractivity contribution in [3.8, 4) is 0 Å². The van der Waals surface area contributed by atoms with Crippen LogP contribution in [-0.4, -0.2) is 11.6 Å². The van der Waals surface area contributed by atoms with Gasteiger partial charge < -0.3 is 4.74 Å². The van der Waals surface area contributed by atoms with Gasteiger partial charge in [0, 0.05) is 6.92 Å². The summed E-state index contributed by atoms with van der Waals surface area (Å²) in [6.45, 7) is 7.43. The molecular weight excluding hydrogens is 164 g/mol. The van der Waals surface area contributed by atoms with Crippen LogP contribution in [0.15, 0.2) is 12.2 Å². The predicted molar refractivity (Wildman–Crippen MR) is 54.5 cm³/mol. The molecule has 0 atom stereocenters. The van der Waals surface area contributed by atoms with Gasteiger partial charge >= 0.3 is 5.97 Å². The van der Waals surface area contributed by atoms with Crippen LogP contribution in [-0.2, 0) is 9.53 Å². The molecule has 2 nitrogen and oxygen atoms in total. The molecule has 13 heavy (non-hydrogen) atoms. The SMILES string of the molecule is CC/C=C\CCC(C)(C)OC(C)=O. The summed E-state index contributed by atoms with van der Waals surface area (Å²) in [5.41, 5.74) is -0.329. The van der Waals surface area contributed by atoms with E-state index in [9.17, 15) is 4.79 Å². The zero-order chi connectivity index (χ0) is 10.3. The molecule has 0 spiro atoms. The summed E-state index contributed by atoms with van der Waals surface area (Å²) in [5, 5.41) is 0. The fourth-order valence-electron chi connectivity index (χ4n) is 1.16. The van der Waals surface area contributed by atoms with Gasteiger partial charge in [-0.2, -0.15) is 0 Å². The molecule has 0 bridgehead atoms. The van der Waals surface area contributed by atoms with Crippen molar-refractivity contribution in [1.82, 2.24) is 0 Å².